The molecule has 0 bridgehead atoms. The quantitative estimate of drug-likeness (QED) is 0.444. The van der Waals surface area contributed by atoms with E-state index in [-0.39, 0.29) is 5.78 Å². The minimum Gasteiger partial charge on any atom is -0.299 e. The zero-order chi connectivity index (χ0) is 16.1. The highest BCUT2D eigenvalue weighted by Gasteiger charge is 2.14. The van der Waals surface area contributed by atoms with Crippen molar-refractivity contribution in [2.45, 2.75) is 6.42 Å². The average molecular weight is 362 g/mol. The van der Waals surface area contributed by atoms with Crippen LogP contribution in [0.4, 0.5) is 0 Å². The molecular weight excluding hydrogens is 346 g/mol. The molecule has 5 heteroatoms. The Morgan fingerprint density at radius 1 is 1.09 bits per heavy atom. The summed E-state index contributed by atoms with van der Waals surface area (Å²) in [7, 11) is 1.86. The largest absolute Gasteiger partial charge is 0.299 e. The molecule has 1 aliphatic rings. The normalized spacial score (nSPS) is 14.4. The van der Waals surface area contributed by atoms with Gasteiger partial charge < -0.3 is 0 Å². The Morgan fingerprint density at radius 3 is 2.41 bits per heavy atom. The third-order valence-electron chi connectivity index (χ3n) is 3.37. The molecule has 0 unspecified atom stereocenters. The summed E-state index contributed by atoms with van der Waals surface area (Å²) in [5.74, 6) is -0.914. The Bertz CT molecular complexity index is 659. The van der Waals surface area contributed by atoms with E-state index in [1.54, 1.807) is 18.2 Å². The van der Waals surface area contributed by atoms with E-state index in [1.807, 2.05) is 24.1 Å². The van der Waals surface area contributed by atoms with Crippen molar-refractivity contribution in [3.05, 3.63) is 58.1 Å². The number of carbonyl (C=O) groups is 3. The van der Waals surface area contributed by atoms with Gasteiger partial charge in [0.2, 0.25) is 11.6 Å². The van der Waals surface area contributed by atoms with Gasteiger partial charge in [0, 0.05) is 16.6 Å². The summed E-state index contributed by atoms with van der Waals surface area (Å²) in [6.45, 7) is 0.950. The summed E-state index contributed by atoms with van der Waals surface area (Å²) in [5, 5.41) is 0. The van der Waals surface area contributed by atoms with Crippen molar-refractivity contribution in [3.8, 4) is 0 Å². The first-order valence-corrected chi connectivity index (χ1v) is 7.69. The number of nitrogens with zero attached hydrogens (tertiary/aromatic N) is 1. The summed E-state index contributed by atoms with van der Waals surface area (Å²) >= 11 is 3.34. The molecule has 0 heterocycles. The maximum atomic E-state index is 12.1. The van der Waals surface area contributed by atoms with Gasteiger partial charge in [0.25, 0.3) is 0 Å². The smallest absolute Gasteiger partial charge is 0.225 e. The van der Waals surface area contributed by atoms with Crippen LogP contribution in [0.25, 0.3) is 0 Å². The van der Waals surface area contributed by atoms with Crippen LogP contribution in [0.2, 0.25) is 0 Å². The van der Waals surface area contributed by atoms with E-state index >= 15 is 0 Å². The Labute approximate surface area is 137 Å². The van der Waals surface area contributed by atoms with Crippen molar-refractivity contribution in [2.24, 2.45) is 0 Å². The fourth-order valence-electron chi connectivity index (χ4n) is 2.08. The molecule has 1 aromatic rings. The molecule has 22 heavy (non-hydrogen) atoms. The summed E-state index contributed by atoms with van der Waals surface area (Å²) < 4.78 is 0.938. The van der Waals surface area contributed by atoms with Crippen LogP contribution in [0.3, 0.4) is 0 Å². The number of ketones is 3. The fourth-order valence-corrected chi connectivity index (χ4v) is 2.34. The highest BCUT2D eigenvalue weighted by molar-refractivity contribution is 9.10. The van der Waals surface area contributed by atoms with Crippen molar-refractivity contribution < 1.29 is 14.4 Å². The zero-order valence-corrected chi connectivity index (χ0v) is 13.8. The summed E-state index contributed by atoms with van der Waals surface area (Å²) in [5.41, 5.74) is 1.49. The Morgan fingerprint density at radius 2 is 1.77 bits per heavy atom. The molecule has 0 aliphatic heterocycles. The molecule has 0 atom stereocenters. The van der Waals surface area contributed by atoms with E-state index in [4.69, 9.17) is 0 Å². The van der Waals surface area contributed by atoms with Crippen molar-refractivity contribution in [2.75, 3.05) is 20.1 Å². The lowest BCUT2D eigenvalue weighted by Gasteiger charge is -2.16. The van der Waals surface area contributed by atoms with Gasteiger partial charge in [0.1, 0.15) is 0 Å². The lowest BCUT2D eigenvalue weighted by molar-refractivity contribution is -0.131. The molecule has 4 nitrogen and oxygen atoms in total. The number of hydrogen-bond acceptors (Lipinski definition) is 4. The van der Waals surface area contributed by atoms with Crippen LogP contribution in [-0.4, -0.2) is 42.4 Å². The second-order valence-electron chi connectivity index (χ2n) is 5.20. The SMILES string of the molecule is CN(CCC1=CC(=O)C(=O)C=C1)CC(=O)c1ccc(Br)cc1. The Hall–Kier alpha value is -1.85. The third-order valence-corrected chi connectivity index (χ3v) is 3.90. The number of likely N-dealkylation sites (N-methyl/N-ethyl adjacent to an activating group) is 1. The van der Waals surface area contributed by atoms with Gasteiger partial charge in [-0.25, -0.2) is 0 Å². The molecule has 0 amide bonds. The van der Waals surface area contributed by atoms with Crippen LogP contribution in [0.15, 0.2) is 52.5 Å². The predicted octanol–water partition coefficient (Wildman–Crippen LogP) is 2.59. The first-order chi connectivity index (χ1) is 10.5. The number of halogens is 1. The maximum Gasteiger partial charge on any atom is 0.225 e. The van der Waals surface area contributed by atoms with Gasteiger partial charge in [-0.05, 0) is 43.3 Å². The van der Waals surface area contributed by atoms with E-state index in [2.05, 4.69) is 15.9 Å². The highest BCUT2D eigenvalue weighted by Crippen LogP contribution is 2.12. The topological polar surface area (TPSA) is 54.5 Å². The highest BCUT2D eigenvalue weighted by atomic mass is 79.9. The number of allylic oxidation sites excluding steroid dienone is 3. The second-order valence-corrected chi connectivity index (χ2v) is 6.11. The monoisotopic (exact) mass is 361 g/mol. The van der Waals surface area contributed by atoms with E-state index in [1.165, 1.54) is 12.2 Å². The van der Waals surface area contributed by atoms with Gasteiger partial charge in [-0.1, -0.05) is 34.1 Å². The maximum absolute atomic E-state index is 12.1. The predicted molar refractivity (Wildman–Crippen MR) is 87.8 cm³/mol. The van der Waals surface area contributed by atoms with Crippen molar-refractivity contribution in [1.82, 2.24) is 4.90 Å². The molecule has 0 saturated heterocycles. The van der Waals surface area contributed by atoms with Gasteiger partial charge >= 0.3 is 0 Å². The lowest BCUT2D eigenvalue weighted by Crippen LogP contribution is -2.27. The first kappa shape index (κ1) is 16.5. The van der Waals surface area contributed by atoms with Gasteiger partial charge in [0.05, 0.1) is 6.54 Å². The molecule has 114 valence electrons. The van der Waals surface area contributed by atoms with Crippen molar-refractivity contribution in [3.63, 3.8) is 0 Å². The van der Waals surface area contributed by atoms with Gasteiger partial charge in [-0.2, -0.15) is 0 Å². The number of carbonyl (C=O) groups excluding carboxylic acids is 3. The van der Waals surface area contributed by atoms with Crippen molar-refractivity contribution >= 4 is 33.3 Å². The molecule has 0 radical (unpaired) electrons. The average Bonchev–Trinajstić information content (AvgIpc) is 2.49. The van der Waals surface area contributed by atoms with Crippen LogP contribution in [0.5, 0.6) is 0 Å². The standard InChI is InChI=1S/C17H16BrNO3/c1-19(9-8-12-2-7-15(20)16(21)10-12)11-17(22)13-3-5-14(18)6-4-13/h2-7,10H,8-9,11H2,1H3. The Balaban J connectivity index is 1.84. The van der Waals surface area contributed by atoms with Crippen molar-refractivity contribution in [1.29, 1.82) is 0 Å². The third kappa shape index (κ3) is 4.58. The van der Waals surface area contributed by atoms with Gasteiger partial charge in [-0.3, -0.25) is 19.3 Å². The van der Waals surface area contributed by atoms with E-state index in [0.717, 1.165) is 10.0 Å². The lowest BCUT2D eigenvalue weighted by atomic mass is 10.0. The van der Waals surface area contributed by atoms with Crippen LogP contribution in [-0.2, 0) is 9.59 Å². The molecular formula is C17H16BrNO3. The molecule has 1 aliphatic carbocycles. The van der Waals surface area contributed by atoms with Crippen LogP contribution < -0.4 is 0 Å². The minimum atomic E-state index is -0.484. The minimum absolute atomic E-state index is 0.0504. The fraction of sp³-hybridized carbons (Fsp3) is 0.235. The summed E-state index contributed by atoms with van der Waals surface area (Å²) in [6, 6.07) is 7.26. The number of benzene rings is 1. The molecule has 0 aromatic heterocycles. The van der Waals surface area contributed by atoms with Crippen LogP contribution >= 0.6 is 15.9 Å². The number of rotatable bonds is 6. The number of Topliss-reactive ketones (excluding diaryl/α,β-unsaturated/α-hetero) is 1. The number of hydrogen-bond donors (Lipinski definition) is 0. The van der Waals surface area contributed by atoms with Crippen LogP contribution in [0.1, 0.15) is 16.8 Å². The molecule has 0 saturated carbocycles. The van der Waals surface area contributed by atoms with E-state index in [9.17, 15) is 14.4 Å². The van der Waals surface area contributed by atoms with Crippen LogP contribution in [0, 0.1) is 0 Å². The summed E-state index contributed by atoms with van der Waals surface area (Å²) in [4.78, 5) is 36.4. The molecule has 2 rings (SSSR count). The van der Waals surface area contributed by atoms with E-state index in [0.29, 0.717) is 25.1 Å². The van der Waals surface area contributed by atoms with E-state index < -0.39 is 11.6 Å². The Kier molecular flexibility index (Phi) is 5.57. The second kappa shape index (κ2) is 7.42. The molecule has 0 N–H and O–H groups in total. The molecule has 0 fully saturated rings. The van der Waals surface area contributed by atoms with Gasteiger partial charge in [-0.15, -0.1) is 0 Å². The summed E-state index contributed by atoms with van der Waals surface area (Å²) in [6.07, 6.45) is 4.95. The zero-order valence-electron chi connectivity index (χ0n) is 12.2. The molecule has 1 aromatic carbocycles. The van der Waals surface area contributed by atoms with Gasteiger partial charge in [0.15, 0.2) is 5.78 Å². The molecule has 0 spiro atoms. The first-order valence-electron chi connectivity index (χ1n) is 6.90.